The quantitative estimate of drug-likeness (QED) is 0.151. The Balaban J connectivity index is 1.46. The summed E-state index contributed by atoms with van der Waals surface area (Å²) in [6, 6.07) is 12.6. The molecule has 0 radical (unpaired) electrons. The lowest BCUT2D eigenvalue weighted by Crippen LogP contribution is -2.24. The molecule has 4 rings (SSSR count). The Morgan fingerprint density at radius 1 is 0.974 bits per heavy atom. The molecule has 0 aliphatic carbocycles. The van der Waals surface area contributed by atoms with Crippen molar-refractivity contribution in [3.63, 3.8) is 0 Å². The molecule has 0 saturated carbocycles. The third-order valence-corrected chi connectivity index (χ3v) is 5.65. The molecule has 4 aromatic rings. The first-order valence-corrected chi connectivity index (χ1v) is 11.5. The average molecular weight is 535 g/mol. The Morgan fingerprint density at radius 2 is 1.72 bits per heavy atom. The third-order valence-electron chi connectivity index (χ3n) is 5.65. The summed E-state index contributed by atoms with van der Waals surface area (Å²) in [5, 5.41) is 23.7. The Labute approximate surface area is 222 Å². The van der Waals surface area contributed by atoms with Gasteiger partial charge in [-0.2, -0.15) is 0 Å². The molecule has 0 aliphatic heterocycles. The molecule has 0 atom stereocenters. The molecule has 0 spiro atoms. The first-order valence-electron chi connectivity index (χ1n) is 11.5. The molecule has 11 heteroatoms. The number of hydrogen-bond donors (Lipinski definition) is 4. The van der Waals surface area contributed by atoms with Crippen LogP contribution >= 0.6 is 0 Å². The number of amides is 1. The Morgan fingerprint density at radius 3 is 2.41 bits per heavy atom. The number of aromatic nitrogens is 1. The molecule has 0 fully saturated rings. The van der Waals surface area contributed by atoms with E-state index in [1.54, 1.807) is 25.1 Å². The number of carbonyl (C=O) groups is 1. The number of pyridine rings is 1. The van der Waals surface area contributed by atoms with Crippen molar-refractivity contribution >= 4 is 33.9 Å². The highest BCUT2D eigenvalue weighted by molar-refractivity contribution is 6.47. The fraction of sp³-hybridized carbons (Fsp3) is 0.107. The molecular weight excluding hydrogens is 510 g/mol. The van der Waals surface area contributed by atoms with Crippen LogP contribution in [0.15, 0.2) is 72.8 Å². The van der Waals surface area contributed by atoms with Crippen LogP contribution in [0.3, 0.4) is 0 Å². The minimum absolute atomic E-state index is 0.0377. The summed E-state index contributed by atoms with van der Waals surface area (Å²) in [6.45, 7) is 1.65. The zero-order valence-electron chi connectivity index (χ0n) is 21.1. The van der Waals surface area contributed by atoms with Gasteiger partial charge in [-0.3, -0.25) is 15.2 Å². The van der Waals surface area contributed by atoms with E-state index in [9.17, 15) is 18.7 Å². The minimum Gasteiger partial charge on any atom is -0.504 e. The standard InChI is InChI=1S/C28H24F2N4O5/c1-15-10-16(29)4-6-20(15)33-14-22(35)27(31)28(36)34-17-5-7-24(19(30)11-17)39-23-8-9-32-21-13-26(38-3)25(37-2)12-18(21)23/h4-14,31,33,35H,1-3H3,(H,34,36)/b22-14+,31-27?. The fourth-order valence-electron chi connectivity index (χ4n) is 3.63. The smallest absolute Gasteiger partial charge is 0.277 e. The van der Waals surface area contributed by atoms with E-state index < -0.39 is 29.0 Å². The second kappa shape index (κ2) is 11.5. The number of benzene rings is 3. The number of aliphatic hydroxyl groups is 1. The van der Waals surface area contributed by atoms with Crippen LogP contribution in [0.5, 0.6) is 23.0 Å². The van der Waals surface area contributed by atoms with Crippen molar-refractivity contribution in [1.82, 2.24) is 4.98 Å². The van der Waals surface area contributed by atoms with Crippen LogP contribution in [0.2, 0.25) is 0 Å². The van der Waals surface area contributed by atoms with Crippen molar-refractivity contribution < 1.29 is 32.9 Å². The van der Waals surface area contributed by atoms with Gasteiger partial charge in [0.2, 0.25) is 0 Å². The number of anilines is 2. The van der Waals surface area contributed by atoms with Gasteiger partial charge in [0.15, 0.2) is 34.5 Å². The molecule has 0 unspecified atom stereocenters. The normalized spacial score (nSPS) is 11.2. The van der Waals surface area contributed by atoms with E-state index in [0.29, 0.717) is 39.4 Å². The van der Waals surface area contributed by atoms with Crippen LogP contribution in [0.25, 0.3) is 10.9 Å². The maximum Gasteiger partial charge on any atom is 0.277 e. The lowest BCUT2D eigenvalue weighted by Gasteiger charge is -2.13. The number of rotatable bonds is 9. The van der Waals surface area contributed by atoms with Gasteiger partial charge in [-0.15, -0.1) is 0 Å². The topological polar surface area (TPSA) is 126 Å². The molecule has 200 valence electrons. The molecule has 1 heterocycles. The van der Waals surface area contributed by atoms with E-state index in [1.165, 1.54) is 50.7 Å². The summed E-state index contributed by atoms with van der Waals surface area (Å²) < 4.78 is 44.5. The van der Waals surface area contributed by atoms with E-state index in [1.807, 2.05) is 0 Å². The lowest BCUT2D eigenvalue weighted by atomic mass is 10.1. The summed E-state index contributed by atoms with van der Waals surface area (Å²) in [5.74, 6) is -1.72. The minimum atomic E-state index is -0.976. The maximum atomic E-state index is 14.9. The zero-order valence-corrected chi connectivity index (χ0v) is 21.1. The molecule has 4 N–H and O–H groups in total. The largest absolute Gasteiger partial charge is 0.504 e. The Bertz CT molecular complexity index is 1610. The molecular formula is C28H24F2N4O5. The Kier molecular flexibility index (Phi) is 7.90. The van der Waals surface area contributed by atoms with Crippen LogP contribution in [-0.2, 0) is 4.79 Å². The van der Waals surface area contributed by atoms with E-state index >= 15 is 0 Å². The molecule has 0 aliphatic rings. The van der Waals surface area contributed by atoms with Crippen LogP contribution in [-0.4, -0.2) is 35.9 Å². The van der Waals surface area contributed by atoms with E-state index in [2.05, 4.69) is 15.6 Å². The van der Waals surface area contributed by atoms with Gasteiger partial charge in [-0.1, -0.05) is 0 Å². The summed E-state index contributed by atoms with van der Waals surface area (Å²) in [5.41, 5.74) is 0.857. The SMILES string of the molecule is COc1cc2nccc(Oc3ccc(NC(=O)C(=N)/C(O)=C\Nc4ccc(F)cc4C)cc3F)c2cc1OC. The van der Waals surface area contributed by atoms with Crippen molar-refractivity contribution in [2.24, 2.45) is 0 Å². The number of carbonyl (C=O) groups excluding carboxylic acids is 1. The second-order valence-electron chi connectivity index (χ2n) is 8.24. The van der Waals surface area contributed by atoms with Crippen molar-refractivity contribution in [3.05, 3.63) is 90.0 Å². The summed E-state index contributed by atoms with van der Waals surface area (Å²) in [4.78, 5) is 16.7. The first kappa shape index (κ1) is 26.9. The first-order chi connectivity index (χ1) is 18.7. The zero-order chi connectivity index (χ0) is 28.1. The number of aliphatic hydroxyl groups excluding tert-OH is 1. The van der Waals surface area contributed by atoms with Crippen molar-refractivity contribution in [3.8, 4) is 23.0 Å². The van der Waals surface area contributed by atoms with Crippen LogP contribution in [0.4, 0.5) is 20.2 Å². The molecule has 1 aromatic heterocycles. The Hall–Kier alpha value is -5.19. The molecule has 9 nitrogen and oxygen atoms in total. The van der Waals surface area contributed by atoms with Gasteiger partial charge in [-0.25, -0.2) is 8.78 Å². The van der Waals surface area contributed by atoms with E-state index in [4.69, 9.17) is 19.6 Å². The highest BCUT2D eigenvalue weighted by atomic mass is 19.1. The summed E-state index contributed by atoms with van der Waals surface area (Å²) >= 11 is 0. The number of halogens is 2. The molecule has 39 heavy (non-hydrogen) atoms. The van der Waals surface area contributed by atoms with Gasteiger partial charge in [0.1, 0.15) is 11.6 Å². The van der Waals surface area contributed by atoms with E-state index in [0.717, 1.165) is 12.3 Å². The van der Waals surface area contributed by atoms with Crippen LogP contribution in [0, 0.1) is 24.0 Å². The number of nitrogens with one attached hydrogen (secondary N) is 3. The molecule has 0 bridgehead atoms. The van der Waals surface area contributed by atoms with Gasteiger partial charge < -0.3 is 30.0 Å². The van der Waals surface area contributed by atoms with Gasteiger partial charge in [0.05, 0.1) is 19.7 Å². The number of methoxy groups -OCH3 is 2. The maximum absolute atomic E-state index is 14.9. The monoisotopic (exact) mass is 534 g/mol. The predicted octanol–water partition coefficient (Wildman–Crippen LogP) is 6.10. The number of aryl methyl sites for hydroxylation is 1. The van der Waals surface area contributed by atoms with Crippen molar-refractivity contribution in [2.75, 3.05) is 24.9 Å². The molecule has 0 saturated heterocycles. The summed E-state index contributed by atoms with van der Waals surface area (Å²) in [7, 11) is 3.00. The third kappa shape index (κ3) is 6.04. The highest BCUT2D eigenvalue weighted by Crippen LogP contribution is 2.37. The summed E-state index contributed by atoms with van der Waals surface area (Å²) in [6.07, 6.45) is 2.54. The lowest BCUT2D eigenvalue weighted by molar-refractivity contribution is -0.110. The predicted molar refractivity (Wildman–Crippen MR) is 143 cm³/mol. The van der Waals surface area contributed by atoms with Gasteiger partial charge in [-0.05, 0) is 55.0 Å². The number of fused-ring (bicyclic) bond motifs is 1. The van der Waals surface area contributed by atoms with Gasteiger partial charge in [0.25, 0.3) is 5.91 Å². The van der Waals surface area contributed by atoms with Gasteiger partial charge in [0, 0.05) is 41.3 Å². The number of nitrogens with zero attached hydrogens (tertiary/aromatic N) is 1. The fourth-order valence-corrected chi connectivity index (χ4v) is 3.63. The van der Waals surface area contributed by atoms with Crippen LogP contribution in [0.1, 0.15) is 5.56 Å². The molecule has 1 amide bonds. The van der Waals surface area contributed by atoms with Crippen molar-refractivity contribution in [1.29, 1.82) is 5.41 Å². The highest BCUT2D eigenvalue weighted by Gasteiger charge is 2.17. The van der Waals surface area contributed by atoms with Crippen LogP contribution < -0.4 is 24.8 Å². The van der Waals surface area contributed by atoms with Gasteiger partial charge >= 0.3 is 0 Å². The second-order valence-corrected chi connectivity index (χ2v) is 8.24. The number of hydrogen-bond acceptors (Lipinski definition) is 8. The number of ether oxygens (including phenoxy) is 3. The van der Waals surface area contributed by atoms with E-state index in [-0.39, 0.29) is 11.4 Å². The molecule has 3 aromatic carbocycles. The average Bonchev–Trinajstić information content (AvgIpc) is 2.92. The van der Waals surface area contributed by atoms with Crippen molar-refractivity contribution in [2.45, 2.75) is 6.92 Å².